The number of nitrogens with zero attached hydrogens (tertiary/aromatic N) is 3. The fourth-order valence-corrected chi connectivity index (χ4v) is 2.03. The number of likely N-dealkylation sites (N-methyl/N-ethyl adjacent to an activating group) is 1. The highest BCUT2D eigenvalue weighted by Gasteiger charge is 2.19. The zero-order chi connectivity index (χ0) is 14.8. The Bertz CT molecular complexity index is 777. The van der Waals surface area contributed by atoms with Gasteiger partial charge in [0.1, 0.15) is 0 Å². The summed E-state index contributed by atoms with van der Waals surface area (Å²) in [4.78, 5) is 20.5. The Morgan fingerprint density at radius 3 is 3.10 bits per heavy atom. The molecule has 0 aliphatic rings. The van der Waals surface area contributed by atoms with E-state index in [0.717, 1.165) is 16.5 Å². The van der Waals surface area contributed by atoms with E-state index in [0.29, 0.717) is 5.82 Å². The van der Waals surface area contributed by atoms with Gasteiger partial charge in [-0.3, -0.25) is 4.79 Å². The Hall–Kier alpha value is -2.67. The van der Waals surface area contributed by atoms with Gasteiger partial charge in [0.05, 0.1) is 6.61 Å². The number of H-pyrrole nitrogens is 1. The van der Waals surface area contributed by atoms with Crippen LogP contribution in [0.25, 0.3) is 22.3 Å². The molecule has 2 aromatic heterocycles. The number of aromatic amines is 1. The summed E-state index contributed by atoms with van der Waals surface area (Å²) in [6.07, 6.45) is 1.85. The molecule has 0 aliphatic carbocycles. The second-order valence-electron chi connectivity index (χ2n) is 4.65. The summed E-state index contributed by atoms with van der Waals surface area (Å²) in [5.74, 6) is -0.150. The number of carbonyl (C=O) groups excluding carboxylic acids is 1. The quantitative estimate of drug-likeness (QED) is 0.753. The van der Waals surface area contributed by atoms with Crippen molar-refractivity contribution in [2.45, 2.75) is 0 Å². The molecular formula is C14H14N4O3. The zero-order valence-electron chi connectivity index (χ0n) is 11.4. The normalized spacial score (nSPS) is 11.0. The van der Waals surface area contributed by atoms with Crippen molar-refractivity contribution >= 4 is 16.8 Å². The van der Waals surface area contributed by atoms with Crippen molar-refractivity contribution in [1.29, 1.82) is 0 Å². The van der Waals surface area contributed by atoms with Crippen molar-refractivity contribution in [3.05, 3.63) is 36.4 Å². The third kappa shape index (κ3) is 2.50. The van der Waals surface area contributed by atoms with E-state index in [2.05, 4.69) is 15.1 Å². The number of amides is 1. The lowest BCUT2D eigenvalue weighted by Crippen LogP contribution is -2.29. The van der Waals surface area contributed by atoms with Gasteiger partial charge in [-0.2, -0.15) is 4.98 Å². The van der Waals surface area contributed by atoms with Crippen LogP contribution >= 0.6 is 0 Å². The molecule has 7 heteroatoms. The monoisotopic (exact) mass is 286 g/mol. The van der Waals surface area contributed by atoms with Crippen LogP contribution in [0, 0.1) is 0 Å². The number of aliphatic hydroxyl groups excluding tert-OH is 1. The van der Waals surface area contributed by atoms with Crippen molar-refractivity contribution in [2.75, 3.05) is 20.2 Å². The molecule has 0 bridgehead atoms. The molecule has 7 nitrogen and oxygen atoms in total. The summed E-state index contributed by atoms with van der Waals surface area (Å²) >= 11 is 0. The third-order valence-corrected chi connectivity index (χ3v) is 3.20. The van der Waals surface area contributed by atoms with Gasteiger partial charge in [0.2, 0.25) is 5.82 Å². The Morgan fingerprint density at radius 2 is 2.29 bits per heavy atom. The fraction of sp³-hybridized carbons (Fsp3) is 0.214. The number of fused-ring (bicyclic) bond motifs is 1. The van der Waals surface area contributed by atoms with Gasteiger partial charge in [0.15, 0.2) is 0 Å². The van der Waals surface area contributed by atoms with Crippen LogP contribution in [0.3, 0.4) is 0 Å². The number of nitrogens with one attached hydrogen (secondary N) is 1. The van der Waals surface area contributed by atoms with E-state index in [9.17, 15) is 4.79 Å². The highest BCUT2D eigenvalue weighted by Crippen LogP contribution is 2.21. The molecule has 0 unspecified atom stereocenters. The number of benzene rings is 1. The SMILES string of the molecule is CN(CCO)C(=O)c1nc(-c2ccc3cc[nH]c3c2)no1. The lowest BCUT2D eigenvalue weighted by atomic mass is 10.1. The summed E-state index contributed by atoms with van der Waals surface area (Å²) in [6.45, 7) is 0.0949. The number of aliphatic hydroxyl groups is 1. The third-order valence-electron chi connectivity index (χ3n) is 3.20. The minimum Gasteiger partial charge on any atom is -0.395 e. The predicted octanol–water partition coefficient (Wildman–Crippen LogP) is 1.28. The average Bonchev–Trinajstić information content (AvgIpc) is 3.14. The minimum atomic E-state index is -0.413. The van der Waals surface area contributed by atoms with Crippen LogP contribution < -0.4 is 0 Å². The van der Waals surface area contributed by atoms with Gasteiger partial charge in [-0.05, 0) is 17.5 Å². The van der Waals surface area contributed by atoms with E-state index in [4.69, 9.17) is 9.63 Å². The summed E-state index contributed by atoms with van der Waals surface area (Å²) in [5.41, 5.74) is 1.72. The summed E-state index contributed by atoms with van der Waals surface area (Å²) in [6, 6.07) is 7.67. The van der Waals surface area contributed by atoms with Crippen LogP contribution in [-0.4, -0.2) is 51.2 Å². The van der Waals surface area contributed by atoms with Crippen molar-refractivity contribution in [2.24, 2.45) is 0 Å². The van der Waals surface area contributed by atoms with Crippen LogP contribution in [0.1, 0.15) is 10.7 Å². The summed E-state index contributed by atoms with van der Waals surface area (Å²) < 4.78 is 5.00. The van der Waals surface area contributed by atoms with Crippen LogP contribution in [0.2, 0.25) is 0 Å². The van der Waals surface area contributed by atoms with Gasteiger partial charge in [-0.25, -0.2) is 0 Å². The van der Waals surface area contributed by atoms with Crippen LogP contribution in [0.5, 0.6) is 0 Å². The van der Waals surface area contributed by atoms with E-state index in [1.165, 1.54) is 4.90 Å². The van der Waals surface area contributed by atoms with Gasteiger partial charge < -0.3 is 19.5 Å². The van der Waals surface area contributed by atoms with E-state index in [1.54, 1.807) is 7.05 Å². The van der Waals surface area contributed by atoms with Gasteiger partial charge in [0, 0.05) is 30.9 Å². The number of carbonyl (C=O) groups is 1. The van der Waals surface area contributed by atoms with Crippen molar-refractivity contribution in [3.63, 3.8) is 0 Å². The topological polar surface area (TPSA) is 95.2 Å². The van der Waals surface area contributed by atoms with E-state index < -0.39 is 5.91 Å². The molecule has 0 aliphatic heterocycles. The Kier molecular flexibility index (Phi) is 3.41. The second kappa shape index (κ2) is 5.37. The lowest BCUT2D eigenvalue weighted by molar-refractivity contribution is 0.0718. The molecule has 0 radical (unpaired) electrons. The minimum absolute atomic E-state index is 0.0902. The first-order valence-corrected chi connectivity index (χ1v) is 6.46. The maximum Gasteiger partial charge on any atom is 0.316 e. The smallest absolute Gasteiger partial charge is 0.316 e. The molecule has 0 atom stereocenters. The van der Waals surface area contributed by atoms with Gasteiger partial charge >= 0.3 is 11.8 Å². The molecule has 1 amide bonds. The molecule has 0 spiro atoms. The first kappa shape index (κ1) is 13.3. The van der Waals surface area contributed by atoms with Crippen LogP contribution in [0.4, 0.5) is 0 Å². The average molecular weight is 286 g/mol. The highest BCUT2D eigenvalue weighted by molar-refractivity contribution is 5.90. The Balaban J connectivity index is 1.88. The summed E-state index contributed by atoms with van der Waals surface area (Å²) in [7, 11) is 1.56. The fourth-order valence-electron chi connectivity index (χ4n) is 2.03. The van der Waals surface area contributed by atoms with Crippen molar-refractivity contribution in [1.82, 2.24) is 20.0 Å². The zero-order valence-corrected chi connectivity index (χ0v) is 11.4. The number of aromatic nitrogens is 3. The Labute approximate surface area is 120 Å². The standard InChI is InChI=1S/C14H14N4O3/c1-18(6-7-19)14(20)13-16-12(17-21-13)10-3-2-9-4-5-15-11(9)8-10/h2-5,8,15,19H,6-7H2,1H3. The lowest BCUT2D eigenvalue weighted by Gasteiger charge is -2.11. The molecule has 108 valence electrons. The van der Waals surface area contributed by atoms with Gasteiger partial charge in [0.25, 0.3) is 0 Å². The molecule has 21 heavy (non-hydrogen) atoms. The molecule has 0 fully saturated rings. The number of hydrogen-bond acceptors (Lipinski definition) is 5. The molecule has 2 heterocycles. The van der Waals surface area contributed by atoms with Crippen LogP contribution in [0.15, 0.2) is 35.0 Å². The number of hydrogen-bond donors (Lipinski definition) is 2. The predicted molar refractivity (Wildman–Crippen MR) is 75.6 cm³/mol. The first-order valence-electron chi connectivity index (χ1n) is 6.46. The molecular weight excluding hydrogens is 272 g/mol. The van der Waals surface area contributed by atoms with Crippen LogP contribution in [-0.2, 0) is 0 Å². The highest BCUT2D eigenvalue weighted by atomic mass is 16.5. The van der Waals surface area contributed by atoms with Crippen molar-refractivity contribution < 1.29 is 14.4 Å². The van der Waals surface area contributed by atoms with Gasteiger partial charge in [-0.1, -0.05) is 17.3 Å². The molecule has 1 aromatic carbocycles. The molecule has 3 aromatic rings. The maximum atomic E-state index is 12.0. The molecule has 0 saturated carbocycles. The summed E-state index contributed by atoms with van der Waals surface area (Å²) in [5, 5.41) is 13.7. The Morgan fingerprint density at radius 1 is 1.43 bits per heavy atom. The van der Waals surface area contributed by atoms with Gasteiger partial charge in [-0.15, -0.1) is 0 Å². The molecule has 0 saturated heterocycles. The van der Waals surface area contributed by atoms with E-state index >= 15 is 0 Å². The second-order valence-corrected chi connectivity index (χ2v) is 4.65. The van der Waals surface area contributed by atoms with E-state index in [-0.39, 0.29) is 19.0 Å². The van der Waals surface area contributed by atoms with Crippen molar-refractivity contribution in [3.8, 4) is 11.4 Å². The molecule has 2 N–H and O–H groups in total. The first-order chi connectivity index (χ1) is 10.2. The largest absolute Gasteiger partial charge is 0.395 e. The maximum absolute atomic E-state index is 12.0. The number of rotatable bonds is 4. The van der Waals surface area contributed by atoms with E-state index in [1.807, 2.05) is 30.5 Å². The molecule has 3 rings (SSSR count).